The molecule has 0 saturated carbocycles. The van der Waals surface area contributed by atoms with Gasteiger partial charge in [-0.25, -0.2) is 9.79 Å². The first kappa shape index (κ1) is 9.25. The topological polar surface area (TPSA) is 50.1 Å². The van der Waals surface area contributed by atoms with E-state index >= 15 is 0 Å². The molecule has 0 unspecified atom stereocenters. The number of rotatable bonds is 3. The van der Waals surface area contributed by atoms with E-state index in [0.29, 0.717) is 11.5 Å². The SMILES string of the molecule is C=C/C=N\c1c(C=C)[nH]c(=O)n1C. The van der Waals surface area contributed by atoms with E-state index in [-0.39, 0.29) is 5.69 Å². The number of nitrogens with zero attached hydrogens (tertiary/aromatic N) is 2. The number of hydrogen-bond acceptors (Lipinski definition) is 2. The lowest BCUT2D eigenvalue weighted by atomic mass is 10.4. The third-order valence-corrected chi connectivity index (χ3v) is 1.61. The molecule has 1 N–H and O–H groups in total. The highest BCUT2D eigenvalue weighted by Crippen LogP contribution is 2.14. The van der Waals surface area contributed by atoms with Crippen molar-refractivity contribution in [1.29, 1.82) is 0 Å². The number of hydrogen-bond donors (Lipinski definition) is 1. The highest BCUT2D eigenvalue weighted by atomic mass is 16.1. The fourth-order valence-corrected chi connectivity index (χ4v) is 0.954. The highest BCUT2D eigenvalue weighted by Gasteiger charge is 2.05. The Morgan fingerprint density at radius 2 is 2.23 bits per heavy atom. The normalized spacial score (nSPS) is 10.5. The molecule has 0 radical (unpaired) electrons. The zero-order valence-corrected chi connectivity index (χ0v) is 7.45. The first-order chi connectivity index (χ1) is 6.20. The van der Waals surface area contributed by atoms with Crippen LogP contribution in [0, 0.1) is 0 Å². The molecule has 68 valence electrons. The van der Waals surface area contributed by atoms with Crippen molar-refractivity contribution in [3.8, 4) is 0 Å². The monoisotopic (exact) mass is 177 g/mol. The summed E-state index contributed by atoms with van der Waals surface area (Å²) in [6.45, 7) is 7.07. The zero-order chi connectivity index (χ0) is 9.84. The van der Waals surface area contributed by atoms with Gasteiger partial charge in [-0.05, 0) is 6.08 Å². The van der Waals surface area contributed by atoms with Gasteiger partial charge in [0.25, 0.3) is 0 Å². The van der Waals surface area contributed by atoms with Gasteiger partial charge in [-0.3, -0.25) is 4.57 Å². The molecule has 0 aliphatic heterocycles. The Kier molecular flexibility index (Phi) is 2.64. The van der Waals surface area contributed by atoms with Crippen molar-refractivity contribution < 1.29 is 0 Å². The van der Waals surface area contributed by atoms with Crippen LogP contribution in [0.2, 0.25) is 0 Å². The molecule has 4 nitrogen and oxygen atoms in total. The summed E-state index contributed by atoms with van der Waals surface area (Å²) in [7, 11) is 1.64. The molecule has 4 heteroatoms. The second kappa shape index (κ2) is 3.71. The third kappa shape index (κ3) is 1.66. The summed E-state index contributed by atoms with van der Waals surface area (Å²) in [5, 5.41) is 0. The molecular formula is C9H11N3O. The van der Waals surface area contributed by atoms with Gasteiger partial charge >= 0.3 is 5.69 Å². The Morgan fingerprint density at radius 1 is 1.54 bits per heavy atom. The first-order valence-electron chi connectivity index (χ1n) is 3.77. The predicted molar refractivity (Wildman–Crippen MR) is 54.5 cm³/mol. The van der Waals surface area contributed by atoms with Gasteiger partial charge in [0, 0.05) is 13.3 Å². The number of imidazole rings is 1. The Balaban J connectivity index is 3.31. The van der Waals surface area contributed by atoms with Crippen molar-refractivity contribution in [3.05, 3.63) is 35.4 Å². The summed E-state index contributed by atoms with van der Waals surface area (Å²) in [6.07, 6.45) is 4.62. The second-order valence-electron chi connectivity index (χ2n) is 2.44. The van der Waals surface area contributed by atoms with Crippen LogP contribution in [0.4, 0.5) is 5.82 Å². The second-order valence-corrected chi connectivity index (χ2v) is 2.44. The quantitative estimate of drug-likeness (QED) is 0.694. The molecule has 1 heterocycles. The van der Waals surface area contributed by atoms with E-state index in [0.717, 1.165) is 0 Å². The maximum atomic E-state index is 11.1. The average molecular weight is 177 g/mol. The van der Waals surface area contributed by atoms with E-state index < -0.39 is 0 Å². The Hall–Kier alpha value is -1.84. The van der Waals surface area contributed by atoms with Crippen LogP contribution in [0.1, 0.15) is 5.69 Å². The summed E-state index contributed by atoms with van der Waals surface area (Å²) in [4.78, 5) is 17.8. The van der Waals surface area contributed by atoms with Gasteiger partial charge in [-0.2, -0.15) is 0 Å². The lowest BCUT2D eigenvalue weighted by Gasteiger charge is -1.93. The molecule has 0 aliphatic carbocycles. The largest absolute Gasteiger partial charge is 0.327 e. The summed E-state index contributed by atoms with van der Waals surface area (Å²) in [6, 6.07) is 0. The molecule has 0 spiro atoms. The molecule has 0 atom stereocenters. The van der Waals surface area contributed by atoms with E-state index in [9.17, 15) is 4.79 Å². The molecular weight excluding hydrogens is 166 g/mol. The van der Waals surface area contributed by atoms with Gasteiger partial charge in [-0.1, -0.05) is 19.2 Å². The van der Waals surface area contributed by atoms with Crippen molar-refractivity contribution in [2.45, 2.75) is 0 Å². The van der Waals surface area contributed by atoms with Crippen molar-refractivity contribution in [1.82, 2.24) is 9.55 Å². The number of aromatic amines is 1. The van der Waals surface area contributed by atoms with E-state index in [2.05, 4.69) is 23.1 Å². The highest BCUT2D eigenvalue weighted by molar-refractivity contribution is 5.74. The number of nitrogens with one attached hydrogen (secondary N) is 1. The number of H-pyrrole nitrogens is 1. The Labute approximate surface area is 75.9 Å². The van der Waals surface area contributed by atoms with E-state index in [1.807, 2.05) is 0 Å². The third-order valence-electron chi connectivity index (χ3n) is 1.61. The molecule has 0 fully saturated rings. The average Bonchev–Trinajstić information content (AvgIpc) is 2.40. The van der Waals surface area contributed by atoms with Gasteiger partial charge in [0.05, 0.1) is 5.69 Å². The van der Waals surface area contributed by atoms with Crippen LogP contribution in [-0.4, -0.2) is 15.8 Å². The van der Waals surface area contributed by atoms with Crippen LogP contribution in [0.5, 0.6) is 0 Å². The van der Waals surface area contributed by atoms with Crippen LogP contribution in [0.25, 0.3) is 6.08 Å². The van der Waals surface area contributed by atoms with E-state index in [1.165, 1.54) is 10.8 Å². The maximum Gasteiger partial charge on any atom is 0.327 e. The van der Waals surface area contributed by atoms with Crippen LogP contribution < -0.4 is 5.69 Å². The maximum absolute atomic E-state index is 11.1. The zero-order valence-electron chi connectivity index (χ0n) is 7.45. The molecule has 1 aromatic heterocycles. The van der Waals surface area contributed by atoms with Crippen LogP contribution in [0.15, 0.2) is 29.0 Å². The van der Waals surface area contributed by atoms with Gasteiger partial charge in [0.15, 0.2) is 5.82 Å². The van der Waals surface area contributed by atoms with Crippen LogP contribution >= 0.6 is 0 Å². The van der Waals surface area contributed by atoms with Crippen molar-refractivity contribution in [2.75, 3.05) is 0 Å². The minimum absolute atomic E-state index is 0.203. The summed E-state index contributed by atoms with van der Waals surface area (Å²) in [5.74, 6) is 0.555. The van der Waals surface area contributed by atoms with Gasteiger partial charge in [-0.15, -0.1) is 0 Å². The van der Waals surface area contributed by atoms with Gasteiger partial charge < -0.3 is 4.98 Å². The Bertz CT molecular complexity index is 409. The lowest BCUT2D eigenvalue weighted by molar-refractivity contribution is 0.863. The standard InChI is InChI=1S/C9H11N3O/c1-4-6-10-8-7(5-2)11-9(13)12(8)3/h4-6H,1-2H2,3H3,(H,11,13)/b10-6-. The molecule has 13 heavy (non-hydrogen) atoms. The molecule has 0 bridgehead atoms. The Morgan fingerprint density at radius 3 is 2.77 bits per heavy atom. The number of aliphatic imine (C=N–C) groups is 1. The van der Waals surface area contributed by atoms with E-state index in [1.54, 1.807) is 19.2 Å². The lowest BCUT2D eigenvalue weighted by Crippen LogP contribution is -2.11. The summed E-state index contributed by atoms with van der Waals surface area (Å²) >= 11 is 0. The minimum atomic E-state index is -0.203. The van der Waals surface area contributed by atoms with Crippen molar-refractivity contribution >= 4 is 18.1 Å². The predicted octanol–water partition coefficient (Wildman–Crippen LogP) is 1.24. The van der Waals surface area contributed by atoms with E-state index in [4.69, 9.17) is 0 Å². The summed E-state index contributed by atoms with van der Waals surface area (Å²) in [5.41, 5.74) is 0.414. The molecule has 1 aromatic rings. The molecule has 0 aromatic carbocycles. The number of aromatic nitrogens is 2. The molecule has 1 rings (SSSR count). The van der Waals surface area contributed by atoms with Crippen molar-refractivity contribution in [2.24, 2.45) is 12.0 Å². The molecule has 0 saturated heterocycles. The van der Waals surface area contributed by atoms with Gasteiger partial charge in [0.2, 0.25) is 0 Å². The van der Waals surface area contributed by atoms with Crippen molar-refractivity contribution in [3.63, 3.8) is 0 Å². The summed E-state index contributed by atoms with van der Waals surface area (Å²) < 4.78 is 1.41. The van der Waals surface area contributed by atoms with Crippen LogP contribution in [-0.2, 0) is 7.05 Å². The number of allylic oxidation sites excluding steroid dienone is 1. The smallest absolute Gasteiger partial charge is 0.304 e. The first-order valence-corrected chi connectivity index (χ1v) is 3.77. The minimum Gasteiger partial charge on any atom is -0.304 e. The fourth-order valence-electron chi connectivity index (χ4n) is 0.954. The molecule has 0 amide bonds. The van der Waals surface area contributed by atoms with Gasteiger partial charge in [0.1, 0.15) is 0 Å². The molecule has 0 aliphatic rings. The fraction of sp³-hybridized carbons (Fsp3) is 0.111. The van der Waals surface area contributed by atoms with Crippen LogP contribution in [0.3, 0.4) is 0 Å².